The third-order valence-corrected chi connectivity index (χ3v) is 4.43. The first-order valence-corrected chi connectivity index (χ1v) is 8.61. The lowest BCUT2D eigenvalue weighted by atomic mass is 10.2. The standard InChI is InChI=1S/C18H22N6O/c1-2-23-11-15(9-21-23)10-22-12-16-6-8-20-24(16)17(13-22)14-25-18-5-3-4-7-19-18/h3-9,11,17H,2,10,12-14H2,1H3/t17-/m1/s1. The predicted octanol–water partition coefficient (Wildman–Crippen LogP) is 2.13. The van der Waals surface area contributed by atoms with Gasteiger partial charge < -0.3 is 4.74 Å². The molecule has 0 radical (unpaired) electrons. The summed E-state index contributed by atoms with van der Waals surface area (Å²) in [4.78, 5) is 6.65. The molecular weight excluding hydrogens is 316 g/mol. The number of pyridine rings is 1. The van der Waals surface area contributed by atoms with E-state index in [2.05, 4.69) is 44.0 Å². The van der Waals surface area contributed by atoms with E-state index in [1.807, 2.05) is 35.3 Å². The molecule has 4 heterocycles. The van der Waals surface area contributed by atoms with Gasteiger partial charge in [-0.05, 0) is 19.1 Å². The number of aryl methyl sites for hydroxylation is 1. The first-order chi connectivity index (χ1) is 12.3. The Hall–Kier alpha value is -2.67. The van der Waals surface area contributed by atoms with Crippen molar-refractivity contribution in [2.75, 3.05) is 13.2 Å². The first kappa shape index (κ1) is 15.8. The maximum atomic E-state index is 5.88. The number of ether oxygens (including phenoxy) is 1. The van der Waals surface area contributed by atoms with Crippen molar-refractivity contribution in [2.45, 2.75) is 32.6 Å². The molecule has 0 aliphatic carbocycles. The van der Waals surface area contributed by atoms with Crippen molar-refractivity contribution < 1.29 is 4.74 Å². The van der Waals surface area contributed by atoms with Crippen molar-refractivity contribution >= 4 is 0 Å². The summed E-state index contributed by atoms with van der Waals surface area (Å²) in [6.07, 6.45) is 7.68. The summed E-state index contributed by atoms with van der Waals surface area (Å²) in [5, 5.41) is 8.85. The molecule has 0 aromatic carbocycles. The summed E-state index contributed by atoms with van der Waals surface area (Å²) in [6, 6.07) is 7.94. The first-order valence-electron chi connectivity index (χ1n) is 8.61. The van der Waals surface area contributed by atoms with Gasteiger partial charge in [0.15, 0.2) is 0 Å². The van der Waals surface area contributed by atoms with Crippen LogP contribution in [-0.2, 0) is 19.6 Å². The number of aromatic nitrogens is 5. The van der Waals surface area contributed by atoms with Gasteiger partial charge in [0, 0.05) is 56.4 Å². The molecule has 0 spiro atoms. The SMILES string of the molecule is CCn1cc(CN2Cc3ccnn3[C@@H](COc3ccccn3)C2)cn1. The number of rotatable bonds is 6. The van der Waals surface area contributed by atoms with Crippen LogP contribution in [-0.4, -0.2) is 42.6 Å². The highest BCUT2D eigenvalue weighted by molar-refractivity contribution is 5.11. The Labute approximate surface area is 146 Å². The normalized spacial score (nSPS) is 17.4. The molecule has 1 atom stereocenters. The van der Waals surface area contributed by atoms with E-state index in [1.165, 1.54) is 11.3 Å². The van der Waals surface area contributed by atoms with Crippen molar-refractivity contribution in [3.63, 3.8) is 0 Å². The zero-order valence-electron chi connectivity index (χ0n) is 14.3. The Morgan fingerprint density at radius 2 is 2.16 bits per heavy atom. The lowest BCUT2D eigenvalue weighted by Crippen LogP contribution is -2.39. The molecule has 1 aliphatic rings. The number of hydrogen-bond acceptors (Lipinski definition) is 5. The zero-order chi connectivity index (χ0) is 17.1. The van der Waals surface area contributed by atoms with Crippen molar-refractivity contribution in [3.05, 3.63) is 60.3 Å². The van der Waals surface area contributed by atoms with Gasteiger partial charge in [-0.1, -0.05) is 6.07 Å². The maximum absolute atomic E-state index is 5.88. The Bertz CT molecular complexity index is 812. The molecule has 4 rings (SSSR count). The molecule has 130 valence electrons. The summed E-state index contributed by atoms with van der Waals surface area (Å²) in [5.74, 6) is 0.651. The third-order valence-electron chi connectivity index (χ3n) is 4.43. The van der Waals surface area contributed by atoms with E-state index in [0.717, 1.165) is 26.2 Å². The van der Waals surface area contributed by atoms with Gasteiger partial charge in [-0.25, -0.2) is 4.98 Å². The Morgan fingerprint density at radius 1 is 1.20 bits per heavy atom. The van der Waals surface area contributed by atoms with Gasteiger partial charge in [-0.3, -0.25) is 14.3 Å². The van der Waals surface area contributed by atoms with E-state index in [0.29, 0.717) is 12.5 Å². The molecule has 1 aliphatic heterocycles. The lowest BCUT2D eigenvalue weighted by molar-refractivity contribution is 0.125. The average molecular weight is 338 g/mol. The van der Waals surface area contributed by atoms with Crippen molar-refractivity contribution in [1.29, 1.82) is 0 Å². The van der Waals surface area contributed by atoms with Gasteiger partial charge in [0.05, 0.1) is 17.9 Å². The smallest absolute Gasteiger partial charge is 0.213 e. The molecule has 0 saturated heterocycles. The van der Waals surface area contributed by atoms with Gasteiger partial charge in [-0.2, -0.15) is 10.2 Å². The fourth-order valence-corrected chi connectivity index (χ4v) is 3.24. The highest BCUT2D eigenvalue weighted by atomic mass is 16.5. The molecular formula is C18H22N6O. The van der Waals surface area contributed by atoms with Crippen LogP contribution in [0.5, 0.6) is 5.88 Å². The van der Waals surface area contributed by atoms with Crippen molar-refractivity contribution in [2.24, 2.45) is 0 Å². The van der Waals surface area contributed by atoms with Crippen LogP contribution in [0.25, 0.3) is 0 Å². The number of fused-ring (bicyclic) bond motifs is 1. The Kier molecular flexibility index (Phi) is 4.47. The molecule has 0 bridgehead atoms. The minimum Gasteiger partial charge on any atom is -0.475 e. The molecule has 0 amide bonds. The van der Waals surface area contributed by atoms with E-state index >= 15 is 0 Å². The molecule has 3 aromatic rings. The third kappa shape index (κ3) is 3.56. The van der Waals surface area contributed by atoms with Gasteiger partial charge in [0.25, 0.3) is 0 Å². The van der Waals surface area contributed by atoms with E-state index in [1.54, 1.807) is 6.20 Å². The highest BCUT2D eigenvalue weighted by Gasteiger charge is 2.26. The largest absolute Gasteiger partial charge is 0.475 e. The predicted molar refractivity (Wildman–Crippen MR) is 93.0 cm³/mol. The second-order valence-electron chi connectivity index (χ2n) is 6.27. The van der Waals surface area contributed by atoms with Gasteiger partial charge in [0.2, 0.25) is 5.88 Å². The fraction of sp³-hybridized carbons (Fsp3) is 0.389. The quantitative estimate of drug-likeness (QED) is 0.689. The summed E-state index contributed by atoms with van der Waals surface area (Å²) in [7, 11) is 0. The monoisotopic (exact) mass is 338 g/mol. The molecule has 7 nitrogen and oxygen atoms in total. The summed E-state index contributed by atoms with van der Waals surface area (Å²) in [5.41, 5.74) is 2.45. The van der Waals surface area contributed by atoms with Gasteiger partial charge in [-0.15, -0.1) is 0 Å². The van der Waals surface area contributed by atoms with Crippen LogP contribution < -0.4 is 4.74 Å². The zero-order valence-corrected chi connectivity index (χ0v) is 14.3. The molecule has 25 heavy (non-hydrogen) atoms. The van der Waals surface area contributed by atoms with Crippen molar-refractivity contribution in [1.82, 2.24) is 29.4 Å². The lowest BCUT2D eigenvalue weighted by Gasteiger charge is -2.33. The van der Waals surface area contributed by atoms with Crippen LogP contribution >= 0.6 is 0 Å². The Balaban J connectivity index is 1.45. The number of nitrogens with zero attached hydrogens (tertiary/aromatic N) is 6. The molecule has 3 aromatic heterocycles. The molecule has 7 heteroatoms. The second-order valence-corrected chi connectivity index (χ2v) is 6.27. The van der Waals surface area contributed by atoms with Crippen LogP contribution in [0, 0.1) is 0 Å². The van der Waals surface area contributed by atoms with Crippen LogP contribution in [0.3, 0.4) is 0 Å². The average Bonchev–Trinajstić information content (AvgIpc) is 3.29. The number of hydrogen-bond donors (Lipinski definition) is 0. The molecule has 0 fully saturated rings. The second kappa shape index (κ2) is 7.06. The minimum atomic E-state index is 0.168. The van der Waals surface area contributed by atoms with E-state index in [4.69, 9.17) is 4.74 Å². The molecule has 0 N–H and O–H groups in total. The summed E-state index contributed by atoms with van der Waals surface area (Å²) >= 11 is 0. The Morgan fingerprint density at radius 3 is 2.96 bits per heavy atom. The van der Waals surface area contributed by atoms with Gasteiger partial charge >= 0.3 is 0 Å². The highest BCUT2D eigenvalue weighted by Crippen LogP contribution is 2.22. The van der Waals surface area contributed by atoms with Crippen molar-refractivity contribution in [3.8, 4) is 5.88 Å². The van der Waals surface area contributed by atoms with Crippen LogP contribution in [0.4, 0.5) is 0 Å². The topological polar surface area (TPSA) is 61.0 Å². The minimum absolute atomic E-state index is 0.168. The van der Waals surface area contributed by atoms with Crippen LogP contribution in [0.15, 0.2) is 49.1 Å². The summed E-state index contributed by atoms with van der Waals surface area (Å²) < 4.78 is 9.92. The maximum Gasteiger partial charge on any atom is 0.213 e. The van der Waals surface area contributed by atoms with Crippen LogP contribution in [0.2, 0.25) is 0 Å². The van der Waals surface area contributed by atoms with E-state index < -0.39 is 0 Å². The molecule has 0 saturated carbocycles. The van der Waals surface area contributed by atoms with E-state index in [9.17, 15) is 0 Å². The fourth-order valence-electron chi connectivity index (χ4n) is 3.24. The van der Waals surface area contributed by atoms with E-state index in [-0.39, 0.29) is 6.04 Å². The summed E-state index contributed by atoms with van der Waals surface area (Å²) in [6.45, 7) is 6.20. The molecule has 0 unspecified atom stereocenters. The van der Waals surface area contributed by atoms with Crippen LogP contribution in [0.1, 0.15) is 24.2 Å². The van der Waals surface area contributed by atoms with Gasteiger partial charge in [0.1, 0.15) is 6.61 Å².